The van der Waals surface area contributed by atoms with Crippen molar-refractivity contribution in [3.8, 4) is 11.5 Å². The molecular weight excluding hydrogens is 483 g/mol. The summed E-state index contributed by atoms with van der Waals surface area (Å²) in [7, 11) is 0. The molecule has 4 amide bonds. The van der Waals surface area contributed by atoms with Crippen molar-refractivity contribution in [2.75, 3.05) is 28.6 Å². The zero-order valence-corrected chi connectivity index (χ0v) is 21.0. The lowest BCUT2D eigenvalue weighted by Gasteiger charge is -2.24. The Balaban J connectivity index is 1.42. The number of nitrogens with zero attached hydrogens (tertiary/aromatic N) is 1. The standard InChI is InChI=1S/C30H29FN4O3/c1-2-22-12-14-23(15-13-22)33-29(36)32-20-21-35(30(37)34-28-11-7-6-10-27(28)31)24-16-18-26(19-17-24)38-25-8-4-3-5-9-25/h3-19H,2,20-21H2,1H3,(H,34,37)(H2,32,33,36). The molecule has 194 valence electrons. The van der Waals surface area contributed by atoms with Crippen LogP contribution >= 0.6 is 0 Å². The van der Waals surface area contributed by atoms with Gasteiger partial charge in [0.1, 0.15) is 17.3 Å². The van der Waals surface area contributed by atoms with Crippen molar-refractivity contribution in [1.82, 2.24) is 5.32 Å². The number of aryl methyl sites for hydroxylation is 1. The third kappa shape index (κ3) is 7.33. The van der Waals surface area contributed by atoms with Crippen LogP contribution in [0.15, 0.2) is 103 Å². The van der Waals surface area contributed by atoms with Crippen LogP contribution < -0.4 is 25.6 Å². The van der Waals surface area contributed by atoms with Crippen LogP contribution in [0.25, 0.3) is 0 Å². The van der Waals surface area contributed by atoms with E-state index in [1.54, 1.807) is 36.4 Å². The molecule has 0 radical (unpaired) electrons. The molecule has 0 aliphatic rings. The van der Waals surface area contributed by atoms with Crippen LogP contribution in [0.2, 0.25) is 0 Å². The van der Waals surface area contributed by atoms with Crippen molar-refractivity contribution in [1.29, 1.82) is 0 Å². The van der Waals surface area contributed by atoms with E-state index in [9.17, 15) is 14.0 Å². The number of para-hydroxylation sites is 2. The maximum absolute atomic E-state index is 14.2. The van der Waals surface area contributed by atoms with Crippen molar-refractivity contribution in [2.45, 2.75) is 13.3 Å². The second-order valence-electron chi connectivity index (χ2n) is 8.40. The molecule has 0 saturated heterocycles. The number of carbonyl (C=O) groups is 2. The van der Waals surface area contributed by atoms with E-state index in [2.05, 4.69) is 22.9 Å². The summed E-state index contributed by atoms with van der Waals surface area (Å²) in [5.41, 5.74) is 2.46. The molecule has 0 heterocycles. The summed E-state index contributed by atoms with van der Waals surface area (Å²) in [5, 5.41) is 8.15. The summed E-state index contributed by atoms with van der Waals surface area (Å²) in [5.74, 6) is 0.744. The number of nitrogens with one attached hydrogen (secondary N) is 3. The van der Waals surface area contributed by atoms with Crippen molar-refractivity contribution >= 4 is 29.1 Å². The van der Waals surface area contributed by atoms with Gasteiger partial charge < -0.3 is 20.7 Å². The number of benzene rings is 4. The summed E-state index contributed by atoms with van der Waals surface area (Å²) in [6.07, 6.45) is 0.913. The average molecular weight is 513 g/mol. The van der Waals surface area contributed by atoms with Crippen molar-refractivity contribution < 1.29 is 18.7 Å². The summed E-state index contributed by atoms with van der Waals surface area (Å²) in [6, 6.07) is 28.9. The maximum atomic E-state index is 14.2. The fourth-order valence-electron chi connectivity index (χ4n) is 3.69. The van der Waals surface area contributed by atoms with E-state index in [1.165, 1.54) is 22.6 Å². The maximum Gasteiger partial charge on any atom is 0.326 e. The second kappa shape index (κ2) is 12.9. The van der Waals surface area contributed by atoms with Gasteiger partial charge in [-0.25, -0.2) is 14.0 Å². The predicted octanol–water partition coefficient (Wildman–Crippen LogP) is 7.04. The molecule has 0 aliphatic heterocycles. The van der Waals surface area contributed by atoms with E-state index >= 15 is 0 Å². The fourth-order valence-corrected chi connectivity index (χ4v) is 3.69. The first-order chi connectivity index (χ1) is 18.5. The summed E-state index contributed by atoms with van der Waals surface area (Å²) >= 11 is 0. The Labute approximate surface area is 221 Å². The largest absolute Gasteiger partial charge is 0.457 e. The number of rotatable bonds is 9. The number of amides is 4. The molecule has 0 spiro atoms. The predicted molar refractivity (Wildman–Crippen MR) is 149 cm³/mol. The Morgan fingerprint density at radius 2 is 1.45 bits per heavy atom. The van der Waals surface area contributed by atoms with Crippen LogP contribution in [-0.2, 0) is 6.42 Å². The first-order valence-electron chi connectivity index (χ1n) is 12.3. The first kappa shape index (κ1) is 26.2. The van der Waals surface area contributed by atoms with Crippen LogP contribution in [0.4, 0.5) is 31.0 Å². The Morgan fingerprint density at radius 3 is 2.13 bits per heavy atom. The van der Waals surface area contributed by atoms with Gasteiger partial charge in [-0.15, -0.1) is 0 Å². The molecule has 7 nitrogen and oxygen atoms in total. The molecule has 8 heteroatoms. The minimum Gasteiger partial charge on any atom is -0.457 e. The molecule has 0 fully saturated rings. The van der Waals surface area contributed by atoms with E-state index in [4.69, 9.17) is 4.74 Å². The van der Waals surface area contributed by atoms with Gasteiger partial charge in [0.05, 0.1) is 5.69 Å². The average Bonchev–Trinajstić information content (AvgIpc) is 2.94. The van der Waals surface area contributed by atoms with Gasteiger partial charge in [0.2, 0.25) is 0 Å². The summed E-state index contributed by atoms with van der Waals surface area (Å²) in [6.45, 7) is 2.36. The summed E-state index contributed by atoms with van der Waals surface area (Å²) in [4.78, 5) is 27.0. The molecule has 0 aromatic heterocycles. The number of hydrogen-bond acceptors (Lipinski definition) is 3. The van der Waals surface area contributed by atoms with E-state index < -0.39 is 17.9 Å². The highest BCUT2D eigenvalue weighted by Crippen LogP contribution is 2.25. The Hall–Kier alpha value is -4.85. The van der Waals surface area contributed by atoms with Gasteiger partial charge in [-0.05, 0) is 72.6 Å². The number of urea groups is 2. The second-order valence-corrected chi connectivity index (χ2v) is 8.40. The Kier molecular flexibility index (Phi) is 8.91. The molecule has 38 heavy (non-hydrogen) atoms. The highest BCUT2D eigenvalue weighted by atomic mass is 19.1. The van der Waals surface area contributed by atoms with Crippen LogP contribution in [-0.4, -0.2) is 25.2 Å². The normalized spacial score (nSPS) is 10.4. The number of halogens is 1. The minimum absolute atomic E-state index is 0.0627. The van der Waals surface area contributed by atoms with E-state index in [1.807, 2.05) is 54.6 Å². The third-order valence-corrected chi connectivity index (χ3v) is 5.73. The molecule has 0 atom stereocenters. The quantitative estimate of drug-likeness (QED) is 0.225. The number of ether oxygens (including phenoxy) is 1. The van der Waals surface area contributed by atoms with Gasteiger partial charge in [0, 0.05) is 24.5 Å². The van der Waals surface area contributed by atoms with Gasteiger partial charge >= 0.3 is 12.1 Å². The van der Waals surface area contributed by atoms with Crippen LogP contribution in [0.5, 0.6) is 11.5 Å². The molecular formula is C30H29FN4O3. The Bertz CT molecular complexity index is 1350. The van der Waals surface area contributed by atoms with Crippen molar-refractivity contribution in [2.24, 2.45) is 0 Å². The van der Waals surface area contributed by atoms with Crippen molar-refractivity contribution in [3.05, 3.63) is 115 Å². The van der Waals surface area contributed by atoms with E-state index in [0.717, 1.165) is 6.42 Å². The van der Waals surface area contributed by atoms with Crippen LogP contribution in [0.3, 0.4) is 0 Å². The molecule has 0 aliphatic carbocycles. The van der Waals surface area contributed by atoms with Gasteiger partial charge in [-0.1, -0.05) is 49.4 Å². The third-order valence-electron chi connectivity index (χ3n) is 5.73. The lowest BCUT2D eigenvalue weighted by atomic mass is 10.1. The highest BCUT2D eigenvalue weighted by molar-refractivity contribution is 6.02. The lowest BCUT2D eigenvalue weighted by molar-refractivity contribution is 0.250. The monoisotopic (exact) mass is 512 g/mol. The zero-order chi connectivity index (χ0) is 26.7. The molecule has 4 rings (SSSR count). The lowest BCUT2D eigenvalue weighted by Crippen LogP contribution is -2.42. The van der Waals surface area contributed by atoms with Crippen LogP contribution in [0.1, 0.15) is 12.5 Å². The van der Waals surface area contributed by atoms with E-state index in [0.29, 0.717) is 22.9 Å². The minimum atomic E-state index is -0.543. The fraction of sp³-hybridized carbons (Fsp3) is 0.133. The molecule has 3 N–H and O–H groups in total. The molecule has 0 unspecified atom stereocenters. The zero-order valence-electron chi connectivity index (χ0n) is 21.0. The topological polar surface area (TPSA) is 82.7 Å². The Morgan fingerprint density at radius 1 is 0.789 bits per heavy atom. The molecule has 4 aromatic rings. The van der Waals surface area contributed by atoms with E-state index in [-0.39, 0.29) is 18.8 Å². The number of anilines is 3. The first-order valence-corrected chi connectivity index (χ1v) is 12.3. The van der Waals surface area contributed by atoms with Gasteiger partial charge in [-0.2, -0.15) is 0 Å². The number of carbonyl (C=O) groups excluding carboxylic acids is 2. The molecule has 0 bridgehead atoms. The van der Waals surface area contributed by atoms with Gasteiger partial charge in [0.25, 0.3) is 0 Å². The molecule has 0 saturated carbocycles. The van der Waals surface area contributed by atoms with Crippen LogP contribution in [0, 0.1) is 5.82 Å². The molecule has 4 aromatic carbocycles. The van der Waals surface area contributed by atoms with Crippen molar-refractivity contribution in [3.63, 3.8) is 0 Å². The highest BCUT2D eigenvalue weighted by Gasteiger charge is 2.18. The van der Waals surface area contributed by atoms with Gasteiger partial charge in [-0.3, -0.25) is 4.90 Å². The summed E-state index contributed by atoms with van der Waals surface area (Å²) < 4.78 is 20.0. The van der Waals surface area contributed by atoms with Gasteiger partial charge in [0.15, 0.2) is 0 Å². The SMILES string of the molecule is CCc1ccc(NC(=O)NCCN(C(=O)Nc2ccccc2F)c2ccc(Oc3ccccc3)cc2)cc1. The number of hydrogen-bond donors (Lipinski definition) is 3. The smallest absolute Gasteiger partial charge is 0.326 e.